The van der Waals surface area contributed by atoms with E-state index in [1.165, 1.54) is 13.3 Å². The number of carbonyl (C=O) groups is 2. The van der Waals surface area contributed by atoms with E-state index in [1.807, 2.05) is 0 Å². The van der Waals surface area contributed by atoms with Crippen LogP contribution in [0.15, 0.2) is 10.7 Å². The van der Waals surface area contributed by atoms with E-state index in [4.69, 9.17) is 4.74 Å². The Labute approximate surface area is 154 Å². The highest BCUT2D eigenvalue weighted by atomic mass is 79.9. The molecule has 2 heterocycles. The van der Waals surface area contributed by atoms with Gasteiger partial charge in [-0.3, -0.25) is 0 Å². The van der Waals surface area contributed by atoms with Gasteiger partial charge in [0.25, 0.3) is 0 Å². The molecule has 1 amide bonds. The first-order valence-electron chi connectivity index (χ1n) is 7.79. The molecule has 1 aliphatic heterocycles. The highest BCUT2D eigenvalue weighted by Gasteiger charge is 2.29. The van der Waals surface area contributed by atoms with Crippen LogP contribution in [0.1, 0.15) is 31.1 Å². The second-order valence-electron chi connectivity index (χ2n) is 6.56. The monoisotopic (exact) mass is 417 g/mol. The number of hydrogen-bond donors (Lipinski definition) is 0. The second kappa shape index (κ2) is 7.55. The second-order valence-corrected chi connectivity index (χ2v) is 7.42. The summed E-state index contributed by atoms with van der Waals surface area (Å²) in [6.45, 7) is 6.92. The summed E-state index contributed by atoms with van der Waals surface area (Å²) in [6, 6.07) is 0. The molecule has 0 aliphatic carbocycles. The average Bonchev–Trinajstić information content (AvgIpc) is 2.53. The number of hydrogen-bond acceptors (Lipinski definition) is 6. The molecule has 0 bridgehead atoms. The van der Waals surface area contributed by atoms with E-state index in [0.717, 1.165) is 0 Å². The van der Waals surface area contributed by atoms with Crippen molar-refractivity contribution in [3.8, 4) is 0 Å². The summed E-state index contributed by atoms with van der Waals surface area (Å²) in [5, 5.41) is 0. The maximum atomic E-state index is 14.7. The molecule has 138 valence electrons. The Hall–Kier alpha value is -1.90. The third-order valence-corrected chi connectivity index (χ3v) is 4.18. The highest BCUT2D eigenvalue weighted by molar-refractivity contribution is 9.10. The molecule has 9 heteroatoms. The number of piperazine rings is 1. The zero-order chi connectivity index (χ0) is 18.8. The maximum Gasteiger partial charge on any atom is 0.410 e. The van der Waals surface area contributed by atoms with E-state index in [1.54, 1.807) is 30.6 Å². The SMILES string of the molecule is COC(=O)c1c(Br)cnc(N2CCN(C(=O)OC(C)(C)C)CC2)c1F. The highest BCUT2D eigenvalue weighted by Crippen LogP contribution is 2.27. The summed E-state index contributed by atoms with van der Waals surface area (Å²) in [5.41, 5.74) is -0.759. The van der Waals surface area contributed by atoms with Crippen LogP contribution in [0.4, 0.5) is 15.0 Å². The van der Waals surface area contributed by atoms with Crippen molar-refractivity contribution in [3.63, 3.8) is 0 Å². The Morgan fingerprint density at radius 2 is 1.84 bits per heavy atom. The summed E-state index contributed by atoms with van der Waals surface area (Å²) in [4.78, 5) is 31.2. The number of rotatable bonds is 2. The van der Waals surface area contributed by atoms with Gasteiger partial charge in [0.1, 0.15) is 11.2 Å². The molecular formula is C16H21BrFN3O4. The normalized spacial score (nSPS) is 15.1. The van der Waals surface area contributed by atoms with Crippen LogP contribution in [0.2, 0.25) is 0 Å². The standard InChI is InChI=1S/C16H21BrFN3O4/c1-16(2,3)25-15(23)21-7-5-20(6-8-21)13-12(18)11(14(22)24-4)10(17)9-19-13/h9H,5-8H2,1-4H3. The van der Waals surface area contributed by atoms with Crippen LogP contribution in [0, 0.1) is 5.82 Å². The quantitative estimate of drug-likeness (QED) is 0.688. The minimum atomic E-state index is -0.777. The zero-order valence-corrected chi connectivity index (χ0v) is 16.2. The number of methoxy groups -OCH3 is 1. The first kappa shape index (κ1) is 19.4. The van der Waals surface area contributed by atoms with Crippen molar-refractivity contribution in [2.24, 2.45) is 0 Å². The predicted octanol–water partition coefficient (Wildman–Crippen LogP) is 2.83. The van der Waals surface area contributed by atoms with Gasteiger partial charge in [-0.25, -0.2) is 19.0 Å². The zero-order valence-electron chi connectivity index (χ0n) is 14.6. The minimum absolute atomic E-state index is 0.0624. The Morgan fingerprint density at radius 1 is 1.24 bits per heavy atom. The van der Waals surface area contributed by atoms with Gasteiger partial charge in [-0.05, 0) is 36.7 Å². The van der Waals surface area contributed by atoms with Gasteiger partial charge in [0, 0.05) is 32.4 Å². The first-order valence-corrected chi connectivity index (χ1v) is 8.58. The Kier molecular flexibility index (Phi) is 5.87. The first-order chi connectivity index (χ1) is 11.6. The lowest BCUT2D eigenvalue weighted by molar-refractivity contribution is 0.0240. The number of pyridine rings is 1. The number of esters is 1. The van der Waals surface area contributed by atoms with E-state index in [0.29, 0.717) is 26.2 Å². The van der Waals surface area contributed by atoms with E-state index in [2.05, 4.69) is 25.7 Å². The van der Waals surface area contributed by atoms with Gasteiger partial charge in [-0.2, -0.15) is 0 Å². The van der Waals surface area contributed by atoms with Crippen molar-refractivity contribution >= 4 is 33.8 Å². The van der Waals surface area contributed by atoms with E-state index >= 15 is 0 Å². The van der Waals surface area contributed by atoms with Crippen molar-refractivity contribution in [3.05, 3.63) is 22.1 Å². The summed E-state index contributed by atoms with van der Waals surface area (Å²) in [5.74, 6) is -1.46. The lowest BCUT2D eigenvalue weighted by Gasteiger charge is -2.36. The fraction of sp³-hybridized carbons (Fsp3) is 0.562. The van der Waals surface area contributed by atoms with Crippen LogP contribution in [0.5, 0.6) is 0 Å². The van der Waals surface area contributed by atoms with E-state index in [9.17, 15) is 14.0 Å². The molecule has 1 aromatic rings. The number of amides is 1. The number of nitrogens with zero attached hydrogens (tertiary/aromatic N) is 3. The van der Waals surface area contributed by atoms with Gasteiger partial charge >= 0.3 is 12.1 Å². The van der Waals surface area contributed by atoms with Crippen LogP contribution in [0.3, 0.4) is 0 Å². The molecule has 0 spiro atoms. The molecule has 0 saturated carbocycles. The molecule has 0 N–H and O–H groups in total. The molecule has 1 saturated heterocycles. The lowest BCUT2D eigenvalue weighted by atomic mass is 10.2. The largest absolute Gasteiger partial charge is 0.465 e. The topological polar surface area (TPSA) is 72.0 Å². The van der Waals surface area contributed by atoms with Crippen molar-refractivity contribution in [2.45, 2.75) is 26.4 Å². The molecule has 1 aromatic heterocycles. The number of ether oxygens (including phenoxy) is 2. The summed E-state index contributed by atoms with van der Waals surface area (Å²) in [7, 11) is 1.19. The third-order valence-electron chi connectivity index (χ3n) is 3.58. The number of carbonyl (C=O) groups excluding carboxylic acids is 2. The number of aromatic nitrogens is 1. The fourth-order valence-electron chi connectivity index (χ4n) is 2.39. The average molecular weight is 418 g/mol. The fourth-order valence-corrected chi connectivity index (χ4v) is 2.83. The van der Waals surface area contributed by atoms with Crippen LogP contribution < -0.4 is 4.90 Å². The molecular weight excluding hydrogens is 397 g/mol. The predicted molar refractivity (Wildman–Crippen MR) is 93.3 cm³/mol. The van der Waals surface area contributed by atoms with Crippen molar-refractivity contribution < 1.29 is 23.5 Å². The Balaban J connectivity index is 2.11. The van der Waals surface area contributed by atoms with Crippen molar-refractivity contribution in [1.29, 1.82) is 0 Å². The molecule has 25 heavy (non-hydrogen) atoms. The van der Waals surface area contributed by atoms with Gasteiger partial charge in [0.05, 0.1) is 11.6 Å². The van der Waals surface area contributed by atoms with Gasteiger partial charge in [0.2, 0.25) is 0 Å². The molecule has 0 unspecified atom stereocenters. The maximum absolute atomic E-state index is 14.7. The van der Waals surface area contributed by atoms with E-state index in [-0.39, 0.29) is 15.9 Å². The molecule has 2 rings (SSSR count). The minimum Gasteiger partial charge on any atom is -0.465 e. The molecule has 0 atom stereocenters. The summed E-state index contributed by atoms with van der Waals surface area (Å²) < 4.78 is 24.9. The number of anilines is 1. The molecule has 1 aliphatic rings. The Bertz CT molecular complexity index is 670. The van der Waals surface area contributed by atoms with E-state index < -0.39 is 23.5 Å². The van der Waals surface area contributed by atoms with Gasteiger partial charge in [-0.15, -0.1) is 0 Å². The van der Waals surface area contributed by atoms with Crippen LogP contribution in [0.25, 0.3) is 0 Å². The van der Waals surface area contributed by atoms with Gasteiger partial charge in [0.15, 0.2) is 11.6 Å². The summed E-state index contributed by atoms with van der Waals surface area (Å²) in [6.07, 6.45) is 0.969. The summed E-state index contributed by atoms with van der Waals surface area (Å²) >= 11 is 3.11. The van der Waals surface area contributed by atoms with Crippen LogP contribution in [-0.4, -0.2) is 60.8 Å². The lowest BCUT2D eigenvalue weighted by Crippen LogP contribution is -2.50. The molecule has 7 nitrogen and oxygen atoms in total. The smallest absolute Gasteiger partial charge is 0.410 e. The Morgan fingerprint density at radius 3 is 2.36 bits per heavy atom. The van der Waals surface area contributed by atoms with Crippen molar-refractivity contribution in [2.75, 3.05) is 38.2 Å². The van der Waals surface area contributed by atoms with Crippen molar-refractivity contribution in [1.82, 2.24) is 9.88 Å². The van der Waals surface area contributed by atoms with Gasteiger partial charge < -0.3 is 19.3 Å². The van der Waals surface area contributed by atoms with Gasteiger partial charge in [-0.1, -0.05) is 0 Å². The number of halogens is 2. The molecule has 0 aromatic carbocycles. The van der Waals surface area contributed by atoms with Crippen LogP contribution in [-0.2, 0) is 9.47 Å². The van der Waals surface area contributed by atoms with Crippen LogP contribution >= 0.6 is 15.9 Å². The molecule has 0 radical (unpaired) electrons. The molecule has 1 fully saturated rings. The third kappa shape index (κ3) is 4.59.